The molecule has 2 aromatic carbocycles. The molecule has 0 spiro atoms. The maximum Gasteiger partial charge on any atom is 0.251 e. The molecular weight excluding hydrogens is 450 g/mol. The number of nitrogens with one attached hydrogen (secondary N) is 1. The highest BCUT2D eigenvalue weighted by atomic mass is 32.2. The fourth-order valence-corrected chi connectivity index (χ4v) is 5.65. The Hall–Kier alpha value is -2.35. The van der Waals surface area contributed by atoms with Crippen LogP contribution in [0, 0.1) is 6.92 Å². The molecule has 1 aliphatic rings. The largest absolute Gasteiger partial charge is 0.497 e. The van der Waals surface area contributed by atoms with Crippen LogP contribution in [0.2, 0.25) is 0 Å². The van der Waals surface area contributed by atoms with Crippen molar-refractivity contribution < 1.29 is 9.53 Å². The molecule has 1 fully saturated rings. The first kappa shape index (κ1) is 23.8. The van der Waals surface area contributed by atoms with Crippen LogP contribution in [0.1, 0.15) is 51.9 Å². The van der Waals surface area contributed by atoms with Crippen LogP contribution in [-0.2, 0) is 5.75 Å². The van der Waals surface area contributed by atoms with Crippen LogP contribution in [0.3, 0.4) is 0 Å². The number of carbonyl (C=O) groups excluding carboxylic acids is 1. The van der Waals surface area contributed by atoms with Gasteiger partial charge in [0.05, 0.1) is 23.9 Å². The molecule has 0 aliphatic carbocycles. The average molecular weight is 482 g/mol. The Morgan fingerprint density at radius 3 is 2.48 bits per heavy atom. The summed E-state index contributed by atoms with van der Waals surface area (Å²) in [6.07, 6.45) is 3.70. The fourth-order valence-electron chi connectivity index (χ4n) is 4.14. The third kappa shape index (κ3) is 6.59. The molecule has 4 rings (SSSR count). The molecule has 5 nitrogen and oxygen atoms in total. The van der Waals surface area contributed by atoms with Gasteiger partial charge in [0, 0.05) is 28.1 Å². The number of methoxy groups -OCH3 is 1. The zero-order chi connectivity index (χ0) is 23.0. The van der Waals surface area contributed by atoms with E-state index in [0.717, 1.165) is 40.2 Å². The van der Waals surface area contributed by atoms with E-state index in [2.05, 4.69) is 32.7 Å². The Balaban J connectivity index is 1.36. The van der Waals surface area contributed by atoms with Crippen LogP contribution >= 0.6 is 23.1 Å². The van der Waals surface area contributed by atoms with Gasteiger partial charge < -0.3 is 10.1 Å². The van der Waals surface area contributed by atoms with Gasteiger partial charge in [-0.05, 0) is 74.8 Å². The quantitative estimate of drug-likeness (QED) is 0.397. The van der Waals surface area contributed by atoms with Gasteiger partial charge >= 0.3 is 0 Å². The highest BCUT2D eigenvalue weighted by molar-refractivity contribution is 7.98. The van der Waals surface area contributed by atoms with E-state index in [0.29, 0.717) is 12.1 Å². The number of rotatable bonds is 9. The van der Waals surface area contributed by atoms with E-state index in [1.165, 1.54) is 24.8 Å². The molecule has 33 heavy (non-hydrogen) atoms. The predicted octanol–water partition coefficient (Wildman–Crippen LogP) is 5.71. The van der Waals surface area contributed by atoms with Crippen molar-refractivity contribution in [3.05, 3.63) is 75.7 Å². The van der Waals surface area contributed by atoms with Gasteiger partial charge in [-0.15, -0.1) is 23.1 Å². The Kier molecular flexibility index (Phi) is 8.42. The minimum atomic E-state index is -0.0304. The van der Waals surface area contributed by atoms with Crippen LogP contribution in [0.5, 0.6) is 5.75 Å². The molecule has 7 heteroatoms. The second kappa shape index (κ2) is 11.7. The molecule has 1 N–H and O–H groups in total. The summed E-state index contributed by atoms with van der Waals surface area (Å²) in [7, 11) is 1.68. The number of benzene rings is 2. The number of thiazole rings is 1. The Bertz CT molecular complexity index is 1030. The summed E-state index contributed by atoms with van der Waals surface area (Å²) < 4.78 is 5.32. The molecule has 2 heterocycles. The number of aryl methyl sites for hydroxylation is 1. The number of thioether (sulfide) groups is 1. The van der Waals surface area contributed by atoms with Crippen molar-refractivity contribution in [3.8, 4) is 5.75 Å². The van der Waals surface area contributed by atoms with E-state index in [9.17, 15) is 4.79 Å². The van der Waals surface area contributed by atoms with Crippen LogP contribution in [0.15, 0.2) is 58.8 Å². The minimum absolute atomic E-state index is 0.0304. The monoisotopic (exact) mass is 481 g/mol. The molecule has 3 aromatic rings. The lowest BCUT2D eigenvalue weighted by Gasteiger charge is -2.35. The van der Waals surface area contributed by atoms with Gasteiger partial charge in [0.1, 0.15) is 5.75 Å². The lowest BCUT2D eigenvalue weighted by Crippen LogP contribution is -2.40. The molecule has 1 aliphatic heterocycles. The lowest BCUT2D eigenvalue weighted by atomic mass is 10.0. The topological polar surface area (TPSA) is 54.5 Å². The molecular formula is C26H31N3O2S2. The molecule has 0 bridgehead atoms. The van der Waals surface area contributed by atoms with Crippen molar-refractivity contribution in [2.24, 2.45) is 0 Å². The Labute approximate surface area is 204 Å². The van der Waals surface area contributed by atoms with Crippen molar-refractivity contribution in [1.29, 1.82) is 0 Å². The summed E-state index contributed by atoms with van der Waals surface area (Å²) in [5.74, 6) is 1.66. The van der Waals surface area contributed by atoms with Crippen molar-refractivity contribution in [3.63, 3.8) is 0 Å². The van der Waals surface area contributed by atoms with E-state index >= 15 is 0 Å². The maximum absolute atomic E-state index is 12.9. The van der Waals surface area contributed by atoms with E-state index in [1.54, 1.807) is 30.2 Å². The number of nitrogens with zero attached hydrogens (tertiary/aromatic N) is 2. The van der Waals surface area contributed by atoms with E-state index in [1.807, 2.05) is 43.3 Å². The second-order valence-corrected chi connectivity index (χ2v) is 10.4. The van der Waals surface area contributed by atoms with E-state index in [4.69, 9.17) is 4.74 Å². The molecule has 0 radical (unpaired) electrons. The van der Waals surface area contributed by atoms with E-state index < -0.39 is 0 Å². The number of ether oxygens (including phenoxy) is 1. The molecule has 1 saturated heterocycles. The zero-order valence-corrected chi connectivity index (χ0v) is 20.9. The number of likely N-dealkylation sites (tertiary alicyclic amines) is 1. The van der Waals surface area contributed by atoms with Gasteiger partial charge in [-0.3, -0.25) is 9.69 Å². The summed E-state index contributed by atoms with van der Waals surface area (Å²) in [4.78, 5) is 21.0. The standard InChI is InChI=1S/C26H31N3O2S2/c1-19-28-22(17-32-19)18-33-24-12-8-21(9-13-24)26(30)27-16-25(29-14-4-3-5-15-29)20-6-10-23(31-2)11-7-20/h6-13,17,25H,3-5,14-16,18H2,1-2H3,(H,27,30). The van der Waals surface area contributed by atoms with Crippen LogP contribution in [-0.4, -0.2) is 42.5 Å². The van der Waals surface area contributed by atoms with Crippen molar-refractivity contribution in [2.45, 2.75) is 42.9 Å². The van der Waals surface area contributed by atoms with Crippen molar-refractivity contribution in [1.82, 2.24) is 15.2 Å². The number of aromatic nitrogens is 1. The van der Waals surface area contributed by atoms with E-state index in [-0.39, 0.29) is 11.9 Å². The lowest BCUT2D eigenvalue weighted by molar-refractivity contribution is 0.0924. The summed E-state index contributed by atoms with van der Waals surface area (Å²) in [6, 6.07) is 16.2. The van der Waals surface area contributed by atoms with Gasteiger partial charge in [0.15, 0.2) is 0 Å². The summed E-state index contributed by atoms with van der Waals surface area (Å²) in [5.41, 5.74) is 3.00. The molecule has 1 aromatic heterocycles. The van der Waals surface area contributed by atoms with Gasteiger partial charge in [0.25, 0.3) is 5.91 Å². The SMILES string of the molecule is COc1ccc(C(CNC(=O)c2ccc(SCc3csc(C)n3)cc2)N2CCCCC2)cc1. The summed E-state index contributed by atoms with van der Waals surface area (Å²) in [5, 5.41) is 6.37. The Morgan fingerprint density at radius 1 is 1.12 bits per heavy atom. The average Bonchev–Trinajstić information content (AvgIpc) is 3.29. The van der Waals surface area contributed by atoms with Crippen LogP contribution in [0.4, 0.5) is 0 Å². The number of carbonyl (C=O) groups is 1. The normalized spacial score (nSPS) is 15.2. The first-order valence-electron chi connectivity index (χ1n) is 11.4. The minimum Gasteiger partial charge on any atom is -0.497 e. The number of hydrogen-bond donors (Lipinski definition) is 1. The molecule has 1 unspecified atom stereocenters. The highest BCUT2D eigenvalue weighted by Gasteiger charge is 2.23. The second-order valence-electron chi connectivity index (χ2n) is 8.27. The number of hydrogen-bond acceptors (Lipinski definition) is 6. The number of piperidine rings is 1. The maximum atomic E-state index is 12.9. The third-order valence-corrected chi connectivity index (χ3v) is 7.83. The summed E-state index contributed by atoms with van der Waals surface area (Å²) in [6.45, 7) is 4.75. The summed E-state index contributed by atoms with van der Waals surface area (Å²) >= 11 is 3.42. The van der Waals surface area contributed by atoms with Crippen molar-refractivity contribution in [2.75, 3.05) is 26.7 Å². The Morgan fingerprint density at radius 2 is 1.85 bits per heavy atom. The van der Waals surface area contributed by atoms with Gasteiger partial charge in [-0.25, -0.2) is 4.98 Å². The number of amides is 1. The predicted molar refractivity (Wildman–Crippen MR) is 136 cm³/mol. The zero-order valence-electron chi connectivity index (χ0n) is 19.3. The van der Waals surface area contributed by atoms with Crippen LogP contribution < -0.4 is 10.1 Å². The van der Waals surface area contributed by atoms with Gasteiger partial charge in [-0.1, -0.05) is 18.6 Å². The van der Waals surface area contributed by atoms with Crippen LogP contribution in [0.25, 0.3) is 0 Å². The third-order valence-electron chi connectivity index (χ3n) is 5.96. The van der Waals surface area contributed by atoms with Gasteiger partial charge in [0.2, 0.25) is 0 Å². The van der Waals surface area contributed by atoms with Crippen molar-refractivity contribution >= 4 is 29.0 Å². The first-order chi connectivity index (χ1) is 16.1. The first-order valence-corrected chi connectivity index (χ1v) is 13.3. The molecule has 1 amide bonds. The molecule has 1 atom stereocenters. The van der Waals surface area contributed by atoms with Gasteiger partial charge in [-0.2, -0.15) is 0 Å². The molecule has 174 valence electrons. The highest BCUT2D eigenvalue weighted by Crippen LogP contribution is 2.27. The molecule has 0 saturated carbocycles. The fraction of sp³-hybridized carbons (Fsp3) is 0.385. The smallest absolute Gasteiger partial charge is 0.251 e.